The Morgan fingerprint density at radius 2 is 2.15 bits per heavy atom. The van der Waals surface area contributed by atoms with E-state index in [4.69, 9.17) is 5.11 Å². The van der Waals surface area contributed by atoms with E-state index >= 15 is 0 Å². The van der Waals surface area contributed by atoms with Crippen molar-refractivity contribution in [3.05, 3.63) is 35.2 Å². The van der Waals surface area contributed by atoms with Gasteiger partial charge in [-0.15, -0.1) is 0 Å². The lowest BCUT2D eigenvalue weighted by Crippen LogP contribution is -2.29. The molecule has 0 fully saturated rings. The second-order valence-corrected chi connectivity index (χ2v) is 9.64. The Morgan fingerprint density at radius 1 is 1.38 bits per heavy atom. The van der Waals surface area contributed by atoms with Crippen molar-refractivity contribution >= 4 is 14.1 Å². The molecule has 0 bridgehead atoms. The lowest BCUT2D eigenvalue weighted by atomic mass is 10.0. The van der Waals surface area contributed by atoms with E-state index in [0.29, 0.717) is 12.5 Å². The Bertz CT molecular complexity index is 522. The Morgan fingerprint density at radius 3 is 2.73 bits per heavy atom. The maximum atomic E-state index is 8.98. The van der Waals surface area contributed by atoms with Crippen LogP contribution in [0.15, 0.2) is 35.2 Å². The van der Waals surface area contributed by atoms with Gasteiger partial charge < -0.3 is 5.11 Å². The molecule has 2 atom stereocenters. The lowest BCUT2D eigenvalue weighted by Gasteiger charge is -2.27. The Hall–Kier alpha value is -0.760. The standard InChI is InChI=1S/C22H40N2OP/c1-6-10-21(7-2)17-24-15-13-22(26(5)19-24)18-23(8-3)14-12-20(4)11-9-16-25/h6-7,10,13,15,20,25H,8-9,11-12,14,16-19H2,1-5H3/q+1/b10-6-,21-7+. The molecule has 0 saturated heterocycles. The maximum Gasteiger partial charge on any atom is 0.168 e. The number of allylic oxidation sites excluding steroid dienone is 3. The second-order valence-electron chi connectivity index (χ2n) is 7.39. The van der Waals surface area contributed by atoms with E-state index in [2.05, 4.69) is 74.4 Å². The molecule has 1 aliphatic heterocycles. The maximum absolute atomic E-state index is 8.98. The van der Waals surface area contributed by atoms with Gasteiger partial charge in [0.05, 0.1) is 0 Å². The number of likely N-dealkylation sites (N-methyl/N-ethyl adjacent to an activating group) is 1. The van der Waals surface area contributed by atoms with Crippen molar-refractivity contribution in [2.24, 2.45) is 5.92 Å². The molecule has 1 heterocycles. The molecule has 1 rings (SSSR count). The summed E-state index contributed by atoms with van der Waals surface area (Å²) in [5, 5.41) is 10.6. The van der Waals surface area contributed by atoms with E-state index in [1.807, 2.05) is 0 Å². The summed E-state index contributed by atoms with van der Waals surface area (Å²) < 4.78 is 2.46. The van der Waals surface area contributed by atoms with Crippen molar-refractivity contribution in [1.29, 1.82) is 0 Å². The van der Waals surface area contributed by atoms with Crippen LogP contribution < -0.4 is 0 Å². The smallest absolute Gasteiger partial charge is 0.168 e. The van der Waals surface area contributed by atoms with Crippen LogP contribution in [0, 0.1) is 5.92 Å². The fourth-order valence-corrected chi connectivity index (χ4v) is 4.94. The highest BCUT2D eigenvalue weighted by Crippen LogP contribution is 2.42. The molecule has 0 spiro atoms. The van der Waals surface area contributed by atoms with Gasteiger partial charge in [-0.25, -0.2) is 4.58 Å². The normalized spacial score (nSPS) is 19.8. The summed E-state index contributed by atoms with van der Waals surface area (Å²) in [4.78, 5) is 2.58. The molecule has 1 N–H and O–H groups in total. The minimum absolute atomic E-state index is 0.0832. The van der Waals surface area contributed by atoms with Crippen molar-refractivity contribution in [2.75, 3.05) is 45.7 Å². The lowest BCUT2D eigenvalue weighted by molar-refractivity contribution is -0.494. The molecule has 0 amide bonds. The number of hydrogen-bond acceptors (Lipinski definition) is 2. The third-order valence-electron chi connectivity index (χ3n) is 5.13. The molecule has 0 aliphatic carbocycles. The van der Waals surface area contributed by atoms with Crippen molar-refractivity contribution in [2.45, 2.75) is 47.0 Å². The molecule has 4 heteroatoms. The zero-order valence-electron chi connectivity index (χ0n) is 17.6. The third-order valence-corrected chi connectivity index (χ3v) is 7.18. The predicted octanol–water partition coefficient (Wildman–Crippen LogP) is 4.68. The van der Waals surface area contributed by atoms with Gasteiger partial charge in [0.2, 0.25) is 0 Å². The van der Waals surface area contributed by atoms with Gasteiger partial charge in [0, 0.05) is 24.8 Å². The topological polar surface area (TPSA) is 26.5 Å². The van der Waals surface area contributed by atoms with Crippen LogP contribution in [0.5, 0.6) is 0 Å². The van der Waals surface area contributed by atoms with Crippen molar-refractivity contribution < 1.29 is 9.68 Å². The first-order valence-electron chi connectivity index (χ1n) is 10.1. The summed E-state index contributed by atoms with van der Waals surface area (Å²) in [6, 6.07) is 0. The van der Waals surface area contributed by atoms with Gasteiger partial charge in [-0.1, -0.05) is 32.1 Å². The second kappa shape index (κ2) is 13.4. The zero-order chi connectivity index (χ0) is 19.4. The van der Waals surface area contributed by atoms with Crippen LogP contribution in [0.25, 0.3) is 0 Å². The molecular formula is C22H40N2OP+. The number of rotatable bonds is 12. The molecule has 1 aliphatic rings. The first-order valence-corrected chi connectivity index (χ1v) is 12.1. The molecular weight excluding hydrogens is 339 g/mol. The van der Waals surface area contributed by atoms with Gasteiger partial charge in [0.15, 0.2) is 19.0 Å². The molecule has 0 aromatic rings. The number of hydrogen-bond donors (Lipinski definition) is 1. The Kier molecular flexibility index (Phi) is 12.0. The summed E-state index contributed by atoms with van der Waals surface area (Å²) in [7, 11) is -0.0832. The highest BCUT2D eigenvalue weighted by Gasteiger charge is 2.21. The fourth-order valence-electron chi connectivity index (χ4n) is 3.26. The quantitative estimate of drug-likeness (QED) is 0.303. The van der Waals surface area contributed by atoms with Crippen LogP contribution in [0.4, 0.5) is 0 Å². The van der Waals surface area contributed by atoms with Gasteiger partial charge >= 0.3 is 0 Å². The van der Waals surface area contributed by atoms with Gasteiger partial charge in [-0.2, -0.15) is 0 Å². The third kappa shape index (κ3) is 8.75. The van der Waals surface area contributed by atoms with Gasteiger partial charge in [-0.05, 0) is 72.0 Å². The monoisotopic (exact) mass is 379 g/mol. The van der Waals surface area contributed by atoms with Gasteiger partial charge in [0.25, 0.3) is 0 Å². The number of aliphatic hydroxyl groups excluding tert-OH is 1. The van der Waals surface area contributed by atoms with Gasteiger partial charge in [-0.3, -0.25) is 4.90 Å². The van der Waals surface area contributed by atoms with Crippen LogP contribution in [0.3, 0.4) is 0 Å². The highest BCUT2D eigenvalue weighted by molar-refractivity contribution is 7.61. The van der Waals surface area contributed by atoms with Gasteiger partial charge in [0.1, 0.15) is 0 Å². The first kappa shape index (κ1) is 23.3. The molecule has 3 nitrogen and oxygen atoms in total. The molecule has 2 unspecified atom stereocenters. The first-order chi connectivity index (χ1) is 12.5. The van der Waals surface area contributed by atoms with Crippen LogP contribution in [-0.4, -0.2) is 66.5 Å². The molecule has 0 radical (unpaired) electrons. The molecule has 26 heavy (non-hydrogen) atoms. The Labute approximate surface area is 162 Å². The van der Waals surface area contributed by atoms with E-state index in [1.54, 1.807) is 5.31 Å². The van der Waals surface area contributed by atoms with Crippen LogP contribution in [-0.2, 0) is 0 Å². The van der Waals surface area contributed by atoms with Crippen LogP contribution >= 0.6 is 7.92 Å². The Balaban J connectivity index is 2.58. The SMILES string of the molecule is C/C=C\C(=C/C)C[N+]1=CC=C(CN(CC)CCC(C)CCCO)P(C)C1. The average Bonchev–Trinajstić information content (AvgIpc) is 2.64. The van der Waals surface area contributed by atoms with Crippen LogP contribution in [0.2, 0.25) is 0 Å². The average molecular weight is 380 g/mol. The summed E-state index contributed by atoms with van der Waals surface area (Å²) in [6.45, 7) is 15.9. The minimum Gasteiger partial charge on any atom is -0.396 e. The summed E-state index contributed by atoms with van der Waals surface area (Å²) in [5.41, 5.74) is 1.39. The highest BCUT2D eigenvalue weighted by atomic mass is 31.1. The largest absolute Gasteiger partial charge is 0.396 e. The predicted molar refractivity (Wildman–Crippen MR) is 118 cm³/mol. The molecule has 0 aromatic heterocycles. The van der Waals surface area contributed by atoms with E-state index in [1.165, 1.54) is 18.3 Å². The number of aliphatic hydroxyl groups is 1. The van der Waals surface area contributed by atoms with Crippen molar-refractivity contribution in [1.82, 2.24) is 4.90 Å². The van der Waals surface area contributed by atoms with E-state index in [9.17, 15) is 0 Å². The summed E-state index contributed by atoms with van der Waals surface area (Å²) in [5.74, 6) is 0.701. The zero-order valence-corrected chi connectivity index (χ0v) is 18.5. The summed E-state index contributed by atoms with van der Waals surface area (Å²) >= 11 is 0. The molecule has 0 aromatic carbocycles. The van der Waals surface area contributed by atoms with E-state index < -0.39 is 0 Å². The summed E-state index contributed by atoms with van der Waals surface area (Å²) in [6.07, 6.45) is 15.7. The molecule has 0 saturated carbocycles. The van der Waals surface area contributed by atoms with Crippen molar-refractivity contribution in [3.8, 4) is 0 Å². The van der Waals surface area contributed by atoms with Crippen molar-refractivity contribution in [3.63, 3.8) is 0 Å². The van der Waals surface area contributed by atoms with E-state index in [-0.39, 0.29) is 7.92 Å². The van der Waals surface area contributed by atoms with E-state index in [0.717, 1.165) is 39.0 Å². The fraction of sp³-hybridized carbons (Fsp3) is 0.682. The minimum atomic E-state index is -0.0832. The van der Waals surface area contributed by atoms with Crippen LogP contribution in [0.1, 0.15) is 47.0 Å². The number of nitrogens with zero attached hydrogens (tertiary/aromatic N) is 2. The molecule has 148 valence electrons.